The average Bonchev–Trinajstić information content (AvgIpc) is 3.23. The monoisotopic (exact) mass is 484 g/mol. The molecule has 34 heavy (non-hydrogen) atoms. The van der Waals surface area contributed by atoms with Crippen molar-refractivity contribution in [3.8, 4) is 5.75 Å². The molecule has 1 atom stereocenters. The third kappa shape index (κ3) is 6.67. The van der Waals surface area contributed by atoms with Crippen LogP contribution in [0, 0.1) is 5.82 Å². The Labute approximate surface area is 201 Å². The van der Waals surface area contributed by atoms with Gasteiger partial charge in [-0.25, -0.2) is 9.18 Å². The molecule has 0 aliphatic carbocycles. The molecule has 2 aromatic carbocycles. The second-order valence-electron chi connectivity index (χ2n) is 7.09. The van der Waals surface area contributed by atoms with Gasteiger partial charge >= 0.3 is 5.97 Å². The summed E-state index contributed by atoms with van der Waals surface area (Å²) in [7, 11) is 0. The number of benzene rings is 2. The molecule has 1 amide bonds. The summed E-state index contributed by atoms with van der Waals surface area (Å²) in [4.78, 5) is 24.2. The number of anilines is 1. The summed E-state index contributed by atoms with van der Waals surface area (Å²) in [5, 5.41) is 11.7. The van der Waals surface area contributed by atoms with E-state index in [1.54, 1.807) is 49.4 Å². The quantitative estimate of drug-likeness (QED) is 0.240. The van der Waals surface area contributed by atoms with Crippen LogP contribution >= 0.6 is 11.8 Å². The predicted molar refractivity (Wildman–Crippen MR) is 127 cm³/mol. The van der Waals surface area contributed by atoms with E-state index in [9.17, 15) is 14.0 Å². The molecule has 1 N–H and O–H groups in total. The number of allylic oxidation sites excluding steroid dienone is 1. The van der Waals surface area contributed by atoms with Crippen molar-refractivity contribution in [2.75, 3.05) is 17.7 Å². The van der Waals surface area contributed by atoms with Gasteiger partial charge in [0, 0.05) is 12.2 Å². The molecule has 1 unspecified atom stereocenters. The van der Waals surface area contributed by atoms with Crippen LogP contribution in [-0.2, 0) is 16.1 Å². The van der Waals surface area contributed by atoms with Crippen molar-refractivity contribution in [1.29, 1.82) is 0 Å². The number of carbonyl (C=O) groups excluding carboxylic acids is 2. The number of hydrogen-bond acceptors (Lipinski definition) is 7. The van der Waals surface area contributed by atoms with E-state index in [0.717, 1.165) is 0 Å². The number of ether oxygens (including phenoxy) is 2. The fraction of sp³-hybridized carbons (Fsp3) is 0.250. The number of esters is 1. The van der Waals surface area contributed by atoms with Crippen LogP contribution in [0.1, 0.15) is 36.1 Å². The summed E-state index contributed by atoms with van der Waals surface area (Å²) >= 11 is 1.23. The summed E-state index contributed by atoms with van der Waals surface area (Å²) in [6, 6.07) is 12.2. The zero-order chi connectivity index (χ0) is 24.5. The maximum Gasteiger partial charge on any atom is 0.338 e. The number of hydrogen-bond donors (Lipinski definition) is 1. The lowest BCUT2D eigenvalue weighted by Crippen LogP contribution is -2.15. The molecule has 0 bridgehead atoms. The van der Waals surface area contributed by atoms with Crippen molar-refractivity contribution in [2.45, 2.75) is 31.7 Å². The molecule has 10 heteroatoms. The Kier molecular flexibility index (Phi) is 8.80. The predicted octanol–water partition coefficient (Wildman–Crippen LogP) is 4.65. The van der Waals surface area contributed by atoms with Gasteiger partial charge in [0.05, 0.1) is 17.9 Å². The zero-order valence-corrected chi connectivity index (χ0v) is 19.7. The molecule has 0 radical (unpaired) electrons. The first-order valence-electron chi connectivity index (χ1n) is 10.6. The van der Waals surface area contributed by atoms with Crippen LogP contribution in [-0.4, -0.2) is 39.0 Å². The highest BCUT2D eigenvalue weighted by atomic mass is 32.2. The summed E-state index contributed by atoms with van der Waals surface area (Å²) in [5.41, 5.74) is 0.976. The molecule has 178 valence electrons. The van der Waals surface area contributed by atoms with Crippen LogP contribution in [0.3, 0.4) is 0 Å². The zero-order valence-electron chi connectivity index (χ0n) is 18.9. The lowest BCUT2D eigenvalue weighted by Gasteiger charge is -2.15. The van der Waals surface area contributed by atoms with Crippen molar-refractivity contribution in [3.63, 3.8) is 0 Å². The third-order valence-corrected chi connectivity index (χ3v) is 5.53. The Morgan fingerprint density at radius 1 is 1.18 bits per heavy atom. The number of carbonyl (C=O) groups is 2. The Bertz CT molecular complexity index is 1130. The molecule has 0 saturated carbocycles. The van der Waals surface area contributed by atoms with Crippen LogP contribution in [0.2, 0.25) is 0 Å². The highest BCUT2D eigenvalue weighted by molar-refractivity contribution is 7.99. The maximum absolute atomic E-state index is 13.1. The van der Waals surface area contributed by atoms with Crippen LogP contribution in [0.25, 0.3) is 0 Å². The van der Waals surface area contributed by atoms with Crippen molar-refractivity contribution < 1.29 is 23.5 Å². The van der Waals surface area contributed by atoms with E-state index in [-0.39, 0.29) is 17.5 Å². The third-order valence-electron chi connectivity index (χ3n) is 4.56. The van der Waals surface area contributed by atoms with Crippen LogP contribution in [0.4, 0.5) is 10.1 Å². The number of nitrogens with one attached hydrogen (secondary N) is 1. The minimum Gasteiger partial charge on any atom is -0.483 e. The van der Waals surface area contributed by atoms with Gasteiger partial charge in [0.2, 0.25) is 5.91 Å². The second-order valence-corrected chi connectivity index (χ2v) is 8.03. The number of thioether (sulfide) groups is 1. The van der Waals surface area contributed by atoms with Gasteiger partial charge in [0.1, 0.15) is 11.6 Å². The minimum atomic E-state index is -0.459. The molecule has 8 nitrogen and oxygen atoms in total. The molecule has 0 aliphatic heterocycles. The van der Waals surface area contributed by atoms with E-state index < -0.39 is 12.1 Å². The fourth-order valence-electron chi connectivity index (χ4n) is 3.01. The number of halogens is 1. The van der Waals surface area contributed by atoms with E-state index in [1.807, 2.05) is 11.5 Å². The standard InChI is InChI=1S/C24H25FN4O4S/c1-4-14-29-22(16(3)33-20-12-8-18(25)9-13-20)27-28-24(29)34-15-21(30)26-19-10-6-17(7-11-19)23(31)32-5-2/h4,6-13,16H,1,5,14-15H2,2-3H3,(H,26,30). The highest BCUT2D eigenvalue weighted by Crippen LogP contribution is 2.25. The van der Waals surface area contributed by atoms with E-state index in [4.69, 9.17) is 9.47 Å². The number of nitrogens with zero attached hydrogens (tertiary/aromatic N) is 3. The van der Waals surface area contributed by atoms with Gasteiger partial charge in [0.25, 0.3) is 0 Å². The van der Waals surface area contributed by atoms with E-state index >= 15 is 0 Å². The summed E-state index contributed by atoms with van der Waals surface area (Å²) in [5.74, 6) is 0.167. The SMILES string of the molecule is C=CCn1c(SCC(=O)Nc2ccc(C(=O)OCC)cc2)nnc1C(C)Oc1ccc(F)cc1. The van der Waals surface area contributed by atoms with Crippen molar-refractivity contribution in [2.24, 2.45) is 0 Å². The van der Waals surface area contributed by atoms with Crippen LogP contribution < -0.4 is 10.1 Å². The van der Waals surface area contributed by atoms with Gasteiger partial charge in [-0.15, -0.1) is 16.8 Å². The van der Waals surface area contributed by atoms with Gasteiger partial charge in [-0.3, -0.25) is 9.36 Å². The van der Waals surface area contributed by atoms with Crippen molar-refractivity contribution >= 4 is 29.3 Å². The minimum absolute atomic E-state index is 0.0993. The molecule has 3 aromatic rings. The lowest BCUT2D eigenvalue weighted by atomic mass is 10.2. The molecule has 0 saturated heterocycles. The van der Waals surface area contributed by atoms with Crippen LogP contribution in [0.5, 0.6) is 5.75 Å². The Morgan fingerprint density at radius 3 is 2.53 bits per heavy atom. The molecule has 0 spiro atoms. The molecular weight excluding hydrogens is 459 g/mol. The van der Waals surface area contributed by atoms with E-state index in [1.165, 1.54) is 23.9 Å². The smallest absolute Gasteiger partial charge is 0.338 e. The van der Waals surface area contributed by atoms with Gasteiger partial charge in [-0.2, -0.15) is 0 Å². The molecule has 3 rings (SSSR count). The van der Waals surface area contributed by atoms with E-state index in [2.05, 4.69) is 22.1 Å². The Morgan fingerprint density at radius 2 is 1.88 bits per heavy atom. The maximum atomic E-state index is 13.1. The lowest BCUT2D eigenvalue weighted by molar-refractivity contribution is -0.113. The number of amides is 1. The van der Waals surface area contributed by atoms with Gasteiger partial charge < -0.3 is 14.8 Å². The van der Waals surface area contributed by atoms with Crippen molar-refractivity contribution in [1.82, 2.24) is 14.8 Å². The summed E-state index contributed by atoms with van der Waals surface area (Å²) in [6.07, 6.45) is 1.24. The highest BCUT2D eigenvalue weighted by Gasteiger charge is 2.20. The molecule has 0 fully saturated rings. The van der Waals surface area contributed by atoms with Gasteiger partial charge in [-0.1, -0.05) is 17.8 Å². The normalized spacial score (nSPS) is 11.5. The Balaban J connectivity index is 1.61. The van der Waals surface area contributed by atoms with Crippen molar-refractivity contribution in [3.05, 3.63) is 78.4 Å². The van der Waals surface area contributed by atoms with Gasteiger partial charge in [0.15, 0.2) is 17.1 Å². The second kappa shape index (κ2) is 12.0. The number of aromatic nitrogens is 3. The summed E-state index contributed by atoms with van der Waals surface area (Å²) in [6.45, 7) is 8.05. The Hall–Kier alpha value is -3.66. The molecule has 0 aliphatic rings. The first kappa shape index (κ1) is 25.0. The number of rotatable bonds is 11. The first-order chi connectivity index (χ1) is 16.4. The first-order valence-corrected chi connectivity index (χ1v) is 11.6. The van der Waals surface area contributed by atoms with Gasteiger partial charge in [-0.05, 0) is 62.4 Å². The largest absolute Gasteiger partial charge is 0.483 e. The average molecular weight is 485 g/mol. The topological polar surface area (TPSA) is 95.3 Å². The molecule has 1 heterocycles. The van der Waals surface area contributed by atoms with E-state index in [0.29, 0.717) is 41.1 Å². The molecule has 1 aromatic heterocycles. The summed E-state index contributed by atoms with van der Waals surface area (Å²) < 4.78 is 25.8. The molecular formula is C24H25FN4O4S. The fourth-order valence-corrected chi connectivity index (χ4v) is 3.76. The van der Waals surface area contributed by atoms with Crippen LogP contribution in [0.15, 0.2) is 66.3 Å².